The van der Waals surface area contributed by atoms with Gasteiger partial charge in [-0.15, -0.1) is 0 Å². The largest absolute Gasteiger partial charge is 0.377 e. The molecule has 0 heterocycles. The number of carbonyl (C=O) groups is 2. The Morgan fingerprint density at radius 2 is 1.92 bits per heavy atom. The van der Waals surface area contributed by atoms with E-state index >= 15 is 0 Å². The number of unbranched alkanes of at least 4 members (excludes halogenated alkanes) is 1. The predicted octanol–water partition coefficient (Wildman–Crippen LogP) is 6.96. The number of nitrogens with one attached hydrogen (secondary N) is 1. The zero-order chi connectivity index (χ0) is 27.7. The average Bonchev–Trinajstić information content (AvgIpc) is 3.68. The second kappa shape index (κ2) is 14.1. The Hall–Kier alpha value is -2.64. The number of hydrogen-bond acceptors (Lipinski definition) is 5. The van der Waals surface area contributed by atoms with Gasteiger partial charge in [-0.25, -0.2) is 0 Å². The van der Waals surface area contributed by atoms with E-state index in [1.807, 2.05) is 31.2 Å². The summed E-state index contributed by atoms with van der Waals surface area (Å²) in [5.41, 5.74) is 4.27. The van der Waals surface area contributed by atoms with E-state index in [4.69, 9.17) is 9.73 Å². The third-order valence-corrected chi connectivity index (χ3v) is 8.70. The normalized spacial score (nSPS) is 16.7. The van der Waals surface area contributed by atoms with Gasteiger partial charge in [0.05, 0.1) is 6.61 Å². The molecule has 39 heavy (non-hydrogen) atoms. The molecule has 2 aromatic carbocycles. The van der Waals surface area contributed by atoms with E-state index < -0.39 is 5.54 Å². The zero-order valence-corrected chi connectivity index (χ0v) is 24.5. The van der Waals surface area contributed by atoms with Gasteiger partial charge in [-0.1, -0.05) is 62.6 Å². The number of aldehydes is 1. The van der Waals surface area contributed by atoms with Crippen LogP contribution >= 0.6 is 11.9 Å². The minimum atomic E-state index is -0.552. The molecule has 1 N–H and O–H groups in total. The molecule has 1 amide bonds. The van der Waals surface area contributed by atoms with Crippen molar-refractivity contribution in [2.75, 3.05) is 13.7 Å². The molecule has 0 atom stereocenters. The smallest absolute Gasteiger partial charge is 0.261 e. The number of carbonyl (C=O) groups excluding carboxylic acids is 2. The van der Waals surface area contributed by atoms with Crippen LogP contribution in [0.4, 0.5) is 0 Å². The van der Waals surface area contributed by atoms with E-state index in [-0.39, 0.29) is 5.91 Å². The van der Waals surface area contributed by atoms with Crippen molar-refractivity contribution in [1.29, 1.82) is 0 Å². The molecular weight excluding hydrogens is 506 g/mol. The lowest BCUT2D eigenvalue weighted by Crippen LogP contribution is -2.33. The molecular formula is C32H43N3O3S. The van der Waals surface area contributed by atoms with Crippen LogP contribution in [0, 0.1) is 0 Å². The van der Waals surface area contributed by atoms with Crippen LogP contribution < -0.4 is 4.72 Å². The molecule has 0 aliphatic heterocycles. The van der Waals surface area contributed by atoms with Crippen LogP contribution in [-0.4, -0.2) is 47.4 Å². The third kappa shape index (κ3) is 7.95. The van der Waals surface area contributed by atoms with Crippen molar-refractivity contribution in [2.45, 2.75) is 95.6 Å². The van der Waals surface area contributed by atoms with Gasteiger partial charge in [-0.2, -0.15) is 0 Å². The quantitative estimate of drug-likeness (QED) is 0.119. The molecule has 0 aromatic heterocycles. The summed E-state index contributed by atoms with van der Waals surface area (Å²) in [5.74, 6) is 0.956. The van der Waals surface area contributed by atoms with E-state index in [0.29, 0.717) is 30.6 Å². The molecule has 2 aliphatic carbocycles. The summed E-state index contributed by atoms with van der Waals surface area (Å²) < 4.78 is 8.90. The van der Waals surface area contributed by atoms with Crippen LogP contribution in [0.1, 0.15) is 93.1 Å². The molecule has 210 valence electrons. The summed E-state index contributed by atoms with van der Waals surface area (Å²) in [5, 5.41) is 0.548. The standard InChI is InChI=1S/C32H43N3O3S/c1-4-6-13-30(33-32(23-36)18-9-10-19-32)35(3)21-24-14-17-27(25(20-24)22-38-5-2)28-11-7-8-12-29(28)31(37)34-39-26-15-16-26/h7-8,11-12,14,17,20,23,26H,4-6,9-10,13,15-16,18-19,21-22H2,1-3H3,(H,34,37)/b33-30-. The Morgan fingerprint density at radius 1 is 1.15 bits per heavy atom. The Kier molecular flexibility index (Phi) is 10.6. The molecule has 0 saturated heterocycles. The number of aliphatic imine (C=N–C) groups is 1. The van der Waals surface area contributed by atoms with Crippen molar-refractivity contribution in [2.24, 2.45) is 4.99 Å². The summed E-state index contributed by atoms with van der Waals surface area (Å²) in [6.07, 6.45) is 10.2. The van der Waals surface area contributed by atoms with E-state index in [9.17, 15) is 9.59 Å². The fourth-order valence-corrected chi connectivity index (χ4v) is 5.92. The Morgan fingerprint density at radius 3 is 2.62 bits per heavy atom. The highest BCUT2D eigenvalue weighted by atomic mass is 32.2. The number of benzene rings is 2. The van der Waals surface area contributed by atoms with Gasteiger partial charge in [0.1, 0.15) is 17.7 Å². The molecule has 2 aromatic rings. The van der Waals surface area contributed by atoms with Crippen molar-refractivity contribution in [3.63, 3.8) is 0 Å². The zero-order valence-electron chi connectivity index (χ0n) is 23.7. The van der Waals surface area contributed by atoms with Gasteiger partial charge in [0, 0.05) is 37.4 Å². The number of hydrogen-bond donors (Lipinski definition) is 1. The third-order valence-electron chi connectivity index (χ3n) is 7.59. The molecule has 0 radical (unpaired) electrons. The van der Waals surface area contributed by atoms with Gasteiger partial charge in [0.25, 0.3) is 5.91 Å². The number of amidine groups is 1. The molecule has 0 unspecified atom stereocenters. The van der Waals surface area contributed by atoms with E-state index in [1.165, 1.54) is 24.8 Å². The van der Waals surface area contributed by atoms with Crippen LogP contribution in [0.25, 0.3) is 11.1 Å². The van der Waals surface area contributed by atoms with Gasteiger partial charge in [0.2, 0.25) is 0 Å². The number of ether oxygens (including phenoxy) is 1. The summed E-state index contributed by atoms with van der Waals surface area (Å²) in [6, 6.07) is 14.3. The van der Waals surface area contributed by atoms with Gasteiger partial charge < -0.3 is 14.4 Å². The fourth-order valence-electron chi connectivity index (χ4n) is 5.17. The highest BCUT2D eigenvalue weighted by molar-refractivity contribution is 7.98. The molecule has 7 heteroatoms. The predicted molar refractivity (Wildman–Crippen MR) is 161 cm³/mol. The maximum Gasteiger partial charge on any atom is 0.261 e. The Labute approximate surface area is 238 Å². The molecule has 0 bridgehead atoms. The Bertz CT molecular complexity index is 1160. The van der Waals surface area contributed by atoms with E-state index in [1.54, 1.807) is 0 Å². The second-order valence-corrected chi connectivity index (χ2v) is 11.9. The molecule has 6 nitrogen and oxygen atoms in total. The maximum atomic E-state index is 13.1. The summed E-state index contributed by atoms with van der Waals surface area (Å²) in [7, 11) is 2.08. The highest BCUT2D eigenvalue weighted by Gasteiger charge is 2.34. The van der Waals surface area contributed by atoms with Gasteiger partial charge in [-0.05, 0) is 79.3 Å². The van der Waals surface area contributed by atoms with Gasteiger partial charge >= 0.3 is 0 Å². The van der Waals surface area contributed by atoms with E-state index in [0.717, 1.165) is 79.3 Å². The van der Waals surface area contributed by atoms with Crippen LogP contribution in [0.2, 0.25) is 0 Å². The molecule has 2 aliphatic rings. The lowest BCUT2D eigenvalue weighted by atomic mass is 9.93. The van der Waals surface area contributed by atoms with Crippen molar-refractivity contribution >= 4 is 30.0 Å². The first-order valence-electron chi connectivity index (χ1n) is 14.5. The second-order valence-electron chi connectivity index (χ2n) is 10.8. The number of rotatable bonds is 14. The molecule has 2 fully saturated rings. The first kappa shape index (κ1) is 29.3. The lowest BCUT2D eigenvalue weighted by Gasteiger charge is -2.26. The van der Waals surface area contributed by atoms with Crippen molar-refractivity contribution in [3.8, 4) is 11.1 Å². The number of amides is 1. The fraction of sp³-hybridized carbons (Fsp3) is 0.531. The minimum Gasteiger partial charge on any atom is -0.377 e. The highest BCUT2D eigenvalue weighted by Crippen LogP contribution is 2.34. The summed E-state index contributed by atoms with van der Waals surface area (Å²) in [6.45, 7) is 5.96. The van der Waals surface area contributed by atoms with Gasteiger partial charge in [0.15, 0.2) is 0 Å². The van der Waals surface area contributed by atoms with Crippen LogP contribution in [0.5, 0.6) is 0 Å². The topological polar surface area (TPSA) is 71.0 Å². The molecule has 0 spiro atoms. The van der Waals surface area contributed by atoms with Crippen LogP contribution in [0.15, 0.2) is 47.5 Å². The molecule has 2 saturated carbocycles. The van der Waals surface area contributed by atoms with Crippen molar-refractivity contribution < 1.29 is 14.3 Å². The van der Waals surface area contributed by atoms with Gasteiger partial charge in [-0.3, -0.25) is 14.5 Å². The molecule has 4 rings (SSSR count). The minimum absolute atomic E-state index is 0.0542. The Balaban J connectivity index is 1.60. The monoisotopic (exact) mass is 549 g/mol. The number of nitrogens with zero attached hydrogens (tertiary/aromatic N) is 2. The summed E-state index contributed by atoms with van der Waals surface area (Å²) >= 11 is 1.53. The lowest BCUT2D eigenvalue weighted by molar-refractivity contribution is -0.112. The first-order chi connectivity index (χ1) is 19.0. The summed E-state index contributed by atoms with van der Waals surface area (Å²) in [4.78, 5) is 32.3. The first-order valence-corrected chi connectivity index (χ1v) is 15.4. The van der Waals surface area contributed by atoms with Crippen molar-refractivity contribution in [3.05, 3.63) is 59.2 Å². The van der Waals surface area contributed by atoms with Crippen LogP contribution in [0.3, 0.4) is 0 Å². The van der Waals surface area contributed by atoms with E-state index in [2.05, 4.69) is 41.8 Å². The maximum absolute atomic E-state index is 13.1. The average molecular weight is 550 g/mol. The van der Waals surface area contributed by atoms with Crippen molar-refractivity contribution in [1.82, 2.24) is 9.62 Å². The van der Waals surface area contributed by atoms with Crippen LogP contribution in [-0.2, 0) is 22.7 Å². The SMILES string of the molecule is CCCC/C(=N/C1(C=O)CCCC1)N(C)Cc1ccc(-c2ccccc2C(=O)NSC2CC2)c(COCC)c1.